The minimum Gasteiger partial charge on any atom is -0.508 e. The normalized spacial score (nSPS) is 9.71. The van der Waals surface area contributed by atoms with Gasteiger partial charge in [-0.15, -0.1) is 12.3 Å². The summed E-state index contributed by atoms with van der Waals surface area (Å²) < 4.78 is 0. The number of rotatable bonds is 4. The monoisotopic (exact) mass is 189 g/mol. The van der Waals surface area contributed by atoms with Gasteiger partial charge in [-0.1, -0.05) is 17.7 Å². The van der Waals surface area contributed by atoms with E-state index in [1.165, 1.54) is 0 Å². The standard InChI is InChI=1S/C12H15NO/c1-3-4-7-13-9-11-8-10(2)5-6-12(11)14/h1,5-6,8,13-14H,4,7,9H2,2H3. The van der Waals surface area contributed by atoms with E-state index in [1.807, 2.05) is 19.1 Å². The molecule has 0 saturated carbocycles. The maximum atomic E-state index is 9.51. The van der Waals surface area contributed by atoms with Gasteiger partial charge in [0.1, 0.15) is 5.75 Å². The average molecular weight is 189 g/mol. The zero-order chi connectivity index (χ0) is 10.4. The molecule has 1 rings (SSSR count). The molecule has 1 aromatic carbocycles. The minimum absolute atomic E-state index is 0.337. The van der Waals surface area contributed by atoms with Crippen LogP contribution in [0.3, 0.4) is 0 Å². The van der Waals surface area contributed by atoms with Gasteiger partial charge in [-0.2, -0.15) is 0 Å². The first-order valence-electron chi connectivity index (χ1n) is 4.66. The second-order valence-electron chi connectivity index (χ2n) is 3.26. The third kappa shape index (κ3) is 3.12. The lowest BCUT2D eigenvalue weighted by Crippen LogP contribution is -2.14. The SMILES string of the molecule is C#CCCNCc1cc(C)ccc1O. The lowest BCUT2D eigenvalue weighted by atomic mass is 10.1. The number of benzene rings is 1. The van der Waals surface area contributed by atoms with Crippen molar-refractivity contribution in [2.75, 3.05) is 6.54 Å². The van der Waals surface area contributed by atoms with Gasteiger partial charge in [-0.25, -0.2) is 0 Å². The second-order valence-corrected chi connectivity index (χ2v) is 3.26. The highest BCUT2D eigenvalue weighted by Crippen LogP contribution is 2.17. The molecule has 0 fully saturated rings. The van der Waals surface area contributed by atoms with E-state index in [4.69, 9.17) is 6.42 Å². The highest BCUT2D eigenvalue weighted by Gasteiger charge is 1.99. The summed E-state index contributed by atoms with van der Waals surface area (Å²) in [5.74, 6) is 2.89. The molecule has 0 aliphatic rings. The molecular weight excluding hydrogens is 174 g/mol. The van der Waals surface area contributed by atoms with E-state index < -0.39 is 0 Å². The number of terminal acetylenes is 1. The number of phenols is 1. The van der Waals surface area contributed by atoms with Gasteiger partial charge in [0.05, 0.1) is 0 Å². The summed E-state index contributed by atoms with van der Waals surface area (Å²) in [7, 11) is 0. The zero-order valence-electron chi connectivity index (χ0n) is 8.38. The van der Waals surface area contributed by atoms with Gasteiger partial charge < -0.3 is 10.4 Å². The summed E-state index contributed by atoms with van der Waals surface area (Å²) in [6, 6.07) is 5.58. The van der Waals surface area contributed by atoms with E-state index in [0.717, 1.165) is 17.7 Å². The second kappa shape index (κ2) is 5.31. The molecule has 0 saturated heterocycles. The lowest BCUT2D eigenvalue weighted by Gasteiger charge is -2.06. The molecule has 2 nitrogen and oxygen atoms in total. The van der Waals surface area contributed by atoms with Gasteiger partial charge in [0, 0.05) is 25.1 Å². The van der Waals surface area contributed by atoms with Crippen LogP contribution in [0.2, 0.25) is 0 Å². The van der Waals surface area contributed by atoms with Crippen LogP contribution in [-0.4, -0.2) is 11.7 Å². The van der Waals surface area contributed by atoms with Crippen LogP contribution < -0.4 is 5.32 Å². The fourth-order valence-corrected chi connectivity index (χ4v) is 1.24. The Kier molecular flexibility index (Phi) is 4.03. The molecule has 14 heavy (non-hydrogen) atoms. The summed E-state index contributed by atoms with van der Waals surface area (Å²) >= 11 is 0. The Labute approximate surface area is 85.0 Å². The van der Waals surface area contributed by atoms with Crippen LogP contribution in [0.1, 0.15) is 17.5 Å². The van der Waals surface area contributed by atoms with Gasteiger partial charge >= 0.3 is 0 Å². The average Bonchev–Trinajstić information content (AvgIpc) is 2.18. The molecule has 1 aromatic rings. The third-order valence-corrected chi connectivity index (χ3v) is 2.00. The van der Waals surface area contributed by atoms with Crippen molar-refractivity contribution in [1.82, 2.24) is 5.32 Å². The van der Waals surface area contributed by atoms with E-state index in [9.17, 15) is 5.11 Å². The van der Waals surface area contributed by atoms with E-state index in [-0.39, 0.29) is 0 Å². The maximum Gasteiger partial charge on any atom is 0.120 e. The molecular formula is C12H15NO. The van der Waals surface area contributed by atoms with Crippen molar-refractivity contribution in [3.8, 4) is 18.1 Å². The van der Waals surface area contributed by atoms with Gasteiger partial charge in [0.2, 0.25) is 0 Å². The molecule has 0 unspecified atom stereocenters. The lowest BCUT2D eigenvalue weighted by molar-refractivity contribution is 0.464. The first kappa shape index (κ1) is 10.6. The molecule has 0 amide bonds. The van der Waals surface area contributed by atoms with Crippen molar-refractivity contribution in [1.29, 1.82) is 0 Å². The van der Waals surface area contributed by atoms with Crippen LogP contribution in [0.25, 0.3) is 0 Å². The number of hydrogen-bond acceptors (Lipinski definition) is 2. The van der Waals surface area contributed by atoms with E-state index >= 15 is 0 Å². The van der Waals surface area contributed by atoms with Crippen molar-refractivity contribution < 1.29 is 5.11 Å². The zero-order valence-corrected chi connectivity index (χ0v) is 8.38. The molecule has 0 bridgehead atoms. The molecule has 0 radical (unpaired) electrons. The summed E-state index contributed by atoms with van der Waals surface area (Å²) in [6.45, 7) is 3.45. The van der Waals surface area contributed by atoms with Gasteiger partial charge in [-0.05, 0) is 13.0 Å². The van der Waals surface area contributed by atoms with Gasteiger partial charge in [-0.3, -0.25) is 0 Å². The molecule has 0 aromatic heterocycles. The van der Waals surface area contributed by atoms with Crippen LogP contribution in [0.4, 0.5) is 0 Å². The highest BCUT2D eigenvalue weighted by atomic mass is 16.3. The van der Waals surface area contributed by atoms with E-state index in [1.54, 1.807) is 6.07 Å². The maximum absolute atomic E-state index is 9.51. The minimum atomic E-state index is 0.337. The summed E-state index contributed by atoms with van der Waals surface area (Å²) in [5, 5.41) is 12.7. The number of aryl methyl sites for hydroxylation is 1. The van der Waals surface area contributed by atoms with E-state index in [0.29, 0.717) is 18.7 Å². The Hall–Kier alpha value is -1.46. The highest BCUT2D eigenvalue weighted by molar-refractivity contribution is 5.35. The number of hydrogen-bond donors (Lipinski definition) is 2. The molecule has 2 heteroatoms. The quantitative estimate of drug-likeness (QED) is 0.559. The van der Waals surface area contributed by atoms with Crippen LogP contribution >= 0.6 is 0 Å². The fourth-order valence-electron chi connectivity index (χ4n) is 1.24. The van der Waals surface area contributed by atoms with Crippen LogP contribution in [0.15, 0.2) is 18.2 Å². The molecule has 0 heterocycles. The topological polar surface area (TPSA) is 32.3 Å². The number of aromatic hydroxyl groups is 1. The molecule has 0 spiro atoms. The number of phenolic OH excluding ortho intramolecular Hbond substituents is 1. The van der Waals surface area contributed by atoms with Crippen LogP contribution in [-0.2, 0) is 6.54 Å². The number of nitrogens with one attached hydrogen (secondary N) is 1. The van der Waals surface area contributed by atoms with Crippen molar-refractivity contribution in [2.45, 2.75) is 19.9 Å². The Morgan fingerprint density at radius 3 is 3.00 bits per heavy atom. The Morgan fingerprint density at radius 1 is 1.50 bits per heavy atom. The summed E-state index contributed by atoms with van der Waals surface area (Å²) in [6.07, 6.45) is 5.84. The molecule has 74 valence electrons. The van der Waals surface area contributed by atoms with Gasteiger partial charge in [0.25, 0.3) is 0 Å². The first-order chi connectivity index (χ1) is 6.74. The Bertz CT molecular complexity index is 339. The van der Waals surface area contributed by atoms with Crippen molar-refractivity contribution >= 4 is 0 Å². The molecule has 0 aliphatic carbocycles. The van der Waals surface area contributed by atoms with Gasteiger partial charge in [0.15, 0.2) is 0 Å². The molecule has 0 atom stereocenters. The van der Waals surface area contributed by atoms with Crippen molar-refractivity contribution in [3.05, 3.63) is 29.3 Å². The van der Waals surface area contributed by atoms with Crippen LogP contribution in [0, 0.1) is 19.3 Å². The van der Waals surface area contributed by atoms with Crippen molar-refractivity contribution in [3.63, 3.8) is 0 Å². The smallest absolute Gasteiger partial charge is 0.120 e. The van der Waals surface area contributed by atoms with Crippen LogP contribution in [0.5, 0.6) is 5.75 Å². The first-order valence-corrected chi connectivity index (χ1v) is 4.66. The fraction of sp³-hybridized carbons (Fsp3) is 0.333. The predicted molar refractivity (Wildman–Crippen MR) is 58.0 cm³/mol. The molecule has 0 aliphatic heterocycles. The van der Waals surface area contributed by atoms with Crippen molar-refractivity contribution in [2.24, 2.45) is 0 Å². The Morgan fingerprint density at radius 2 is 2.29 bits per heavy atom. The largest absolute Gasteiger partial charge is 0.508 e. The molecule has 2 N–H and O–H groups in total. The summed E-state index contributed by atoms with van der Waals surface area (Å²) in [4.78, 5) is 0. The predicted octanol–water partition coefficient (Wildman–Crippen LogP) is 1.81. The third-order valence-electron chi connectivity index (χ3n) is 2.00. The Balaban J connectivity index is 2.50. The van der Waals surface area contributed by atoms with E-state index in [2.05, 4.69) is 11.2 Å². The summed E-state index contributed by atoms with van der Waals surface area (Å²) in [5.41, 5.74) is 2.07.